The van der Waals surface area contributed by atoms with Crippen molar-refractivity contribution in [3.8, 4) is 11.5 Å². The predicted octanol–water partition coefficient (Wildman–Crippen LogP) is 0.962. The van der Waals surface area contributed by atoms with E-state index in [-0.39, 0.29) is 61.1 Å². The Bertz CT molecular complexity index is 946. The van der Waals surface area contributed by atoms with Gasteiger partial charge >= 0.3 is 11.9 Å². The van der Waals surface area contributed by atoms with Gasteiger partial charge in [-0.25, -0.2) is 9.59 Å². The molecule has 0 saturated carbocycles. The van der Waals surface area contributed by atoms with Crippen molar-refractivity contribution in [1.29, 1.82) is 0 Å². The van der Waals surface area contributed by atoms with E-state index in [1.165, 1.54) is 24.3 Å². The minimum atomic E-state index is -1.28. The second-order valence-corrected chi connectivity index (χ2v) is 6.23. The van der Waals surface area contributed by atoms with Gasteiger partial charge in [-0.3, -0.25) is 9.63 Å². The van der Waals surface area contributed by atoms with Crippen molar-refractivity contribution >= 4 is 17.8 Å². The van der Waals surface area contributed by atoms with Crippen molar-refractivity contribution in [1.82, 2.24) is 10.8 Å². The molecular weight excluding hydrogens is 412 g/mol. The number of hydrogen-bond donors (Lipinski definition) is 6. The monoisotopic (exact) mass is 434 g/mol. The molecule has 0 spiro atoms. The molecule has 0 saturated heterocycles. The van der Waals surface area contributed by atoms with E-state index in [0.717, 1.165) is 12.1 Å². The Balaban J connectivity index is 1.64. The molecule has 11 nitrogen and oxygen atoms in total. The third kappa shape index (κ3) is 7.26. The van der Waals surface area contributed by atoms with Crippen LogP contribution in [0.5, 0.6) is 11.5 Å². The lowest BCUT2D eigenvalue weighted by molar-refractivity contribution is 0.00926. The SMILES string of the molecule is O=C(O)c1ccc(O)cc1CONCCOCCNC(=O)c1cc(O)ccc1C(=O)O. The first-order valence-electron chi connectivity index (χ1n) is 9.11. The lowest BCUT2D eigenvalue weighted by Gasteiger charge is -2.10. The number of phenolic OH excluding ortho intramolecular Hbond substituents is 2. The Hall–Kier alpha value is -3.67. The number of phenols is 2. The van der Waals surface area contributed by atoms with Crippen molar-refractivity contribution in [2.75, 3.05) is 26.3 Å². The van der Waals surface area contributed by atoms with E-state index in [1.807, 2.05) is 0 Å². The number of carbonyl (C=O) groups excluding carboxylic acids is 1. The standard InChI is InChI=1S/C20H22N2O9/c23-13-1-3-15(19(26)27)12(9-13)11-31-22-6-8-30-7-5-21-18(25)17-10-14(24)2-4-16(17)20(28)29/h1-4,9-10,22-24H,5-8,11H2,(H,21,25)(H,26,27)(H,28,29). The number of benzene rings is 2. The number of carboxylic acids is 2. The average molecular weight is 434 g/mol. The van der Waals surface area contributed by atoms with Gasteiger partial charge in [0.25, 0.3) is 5.91 Å². The van der Waals surface area contributed by atoms with Gasteiger partial charge in [-0.05, 0) is 42.0 Å². The zero-order chi connectivity index (χ0) is 22.8. The Morgan fingerprint density at radius 2 is 1.42 bits per heavy atom. The molecule has 2 aromatic carbocycles. The summed E-state index contributed by atoms with van der Waals surface area (Å²) in [6, 6.07) is 7.25. The maximum absolute atomic E-state index is 12.1. The minimum Gasteiger partial charge on any atom is -0.508 e. The number of rotatable bonds is 12. The van der Waals surface area contributed by atoms with Crippen LogP contribution in [-0.2, 0) is 16.2 Å². The summed E-state index contributed by atoms with van der Waals surface area (Å²) in [6.07, 6.45) is 0. The topological polar surface area (TPSA) is 175 Å². The van der Waals surface area contributed by atoms with Gasteiger partial charge in [0, 0.05) is 13.1 Å². The van der Waals surface area contributed by atoms with Crippen LogP contribution in [0, 0.1) is 0 Å². The highest BCUT2D eigenvalue weighted by molar-refractivity contribution is 6.05. The number of nitrogens with one attached hydrogen (secondary N) is 2. The summed E-state index contributed by atoms with van der Waals surface area (Å²) in [5, 5.41) is 39.6. The molecule has 6 N–H and O–H groups in total. The molecule has 1 amide bonds. The van der Waals surface area contributed by atoms with E-state index < -0.39 is 17.8 Å². The molecule has 11 heteroatoms. The van der Waals surface area contributed by atoms with Crippen molar-refractivity contribution in [3.05, 3.63) is 58.7 Å². The number of hydroxylamine groups is 1. The first-order valence-corrected chi connectivity index (χ1v) is 9.11. The summed E-state index contributed by atoms with van der Waals surface area (Å²) >= 11 is 0. The fourth-order valence-corrected chi connectivity index (χ4v) is 2.56. The van der Waals surface area contributed by atoms with Crippen molar-refractivity contribution in [2.45, 2.75) is 6.61 Å². The number of amides is 1. The van der Waals surface area contributed by atoms with Crippen LogP contribution in [0.3, 0.4) is 0 Å². The summed E-state index contributed by atoms with van der Waals surface area (Å²) in [4.78, 5) is 39.5. The second-order valence-electron chi connectivity index (χ2n) is 6.23. The second kappa shape index (κ2) is 11.5. The van der Waals surface area contributed by atoms with Gasteiger partial charge in [-0.2, -0.15) is 5.48 Å². The molecule has 0 unspecified atom stereocenters. The average Bonchev–Trinajstić information content (AvgIpc) is 2.71. The minimum absolute atomic E-state index is 0.0179. The number of carboxylic acid groups (broad SMARTS) is 2. The first kappa shape index (κ1) is 23.6. The molecule has 0 aromatic heterocycles. The lowest BCUT2D eigenvalue weighted by atomic mass is 10.1. The maximum Gasteiger partial charge on any atom is 0.336 e. The third-order valence-corrected chi connectivity index (χ3v) is 4.01. The molecule has 0 heterocycles. The van der Waals surface area contributed by atoms with Gasteiger partial charge in [0.05, 0.1) is 36.5 Å². The van der Waals surface area contributed by atoms with E-state index in [9.17, 15) is 24.6 Å². The quantitative estimate of drug-likeness (QED) is 0.208. The van der Waals surface area contributed by atoms with Gasteiger partial charge in [0.2, 0.25) is 0 Å². The van der Waals surface area contributed by atoms with E-state index in [1.54, 1.807) is 0 Å². The van der Waals surface area contributed by atoms with Crippen LogP contribution in [0.4, 0.5) is 0 Å². The maximum atomic E-state index is 12.1. The molecule has 166 valence electrons. The molecule has 0 aliphatic rings. The van der Waals surface area contributed by atoms with Crippen LogP contribution in [0.25, 0.3) is 0 Å². The van der Waals surface area contributed by atoms with Gasteiger partial charge in [-0.1, -0.05) is 0 Å². The Kier molecular flexibility index (Phi) is 8.76. The van der Waals surface area contributed by atoms with Crippen molar-refractivity contribution in [3.63, 3.8) is 0 Å². The van der Waals surface area contributed by atoms with Crippen LogP contribution in [-0.4, -0.2) is 64.6 Å². The van der Waals surface area contributed by atoms with Crippen LogP contribution in [0.2, 0.25) is 0 Å². The molecule has 0 aliphatic heterocycles. The van der Waals surface area contributed by atoms with Gasteiger partial charge in [-0.15, -0.1) is 0 Å². The molecule has 2 rings (SSSR count). The fraction of sp³-hybridized carbons (Fsp3) is 0.250. The summed E-state index contributed by atoms with van der Waals surface area (Å²) in [7, 11) is 0. The zero-order valence-corrected chi connectivity index (χ0v) is 16.3. The van der Waals surface area contributed by atoms with Gasteiger partial charge < -0.3 is 30.5 Å². The molecule has 0 atom stereocenters. The molecule has 31 heavy (non-hydrogen) atoms. The number of aromatic carboxylic acids is 2. The Morgan fingerprint density at radius 3 is 2.10 bits per heavy atom. The van der Waals surface area contributed by atoms with Crippen LogP contribution >= 0.6 is 0 Å². The smallest absolute Gasteiger partial charge is 0.336 e. The number of hydrogen-bond acceptors (Lipinski definition) is 8. The zero-order valence-electron chi connectivity index (χ0n) is 16.3. The largest absolute Gasteiger partial charge is 0.508 e. The number of ether oxygens (including phenoxy) is 1. The Labute approximate surface area is 176 Å². The Morgan fingerprint density at radius 1 is 0.806 bits per heavy atom. The molecule has 0 radical (unpaired) electrons. The van der Waals surface area contributed by atoms with E-state index in [2.05, 4.69) is 10.8 Å². The molecule has 0 fully saturated rings. The molecule has 2 aromatic rings. The summed E-state index contributed by atoms with van der Waals surface area (Å²) < 4.78 is 5.30. The first-order chi connectivity index (χ1) is 14.8. The fourth-order valence-electron chi connectivity index (χ4n) is 2.56. The molecule has 0 bridgehead atoms. The molecule has 0 aliphatic carbocycles. The van der Waals surface area contributed by atoms with E-state index in [0.29, 0.717) is 5.56 Å². The number of aromatic hydroxyl groups is 2. The normalized spacial score (nSPS) is 10.6. The van der Waals surface area contributed by atoms with E-state index >= 15 is 0 Å². The van der Waals surface area contributed by atoms with Crippen LogP contribution in [0.15, 0.2) is 36.4 Å². The molecular formula is C20H22N2O9. The highest BCUT2D eigenvalue weighted by Crippen LogP contribution is 2.18. The van der Waals surface area contributed by atoms with Crippen molar-refractivity contribution in [2.24, 2.45) is 0 Å². The van der Waals surface area contributed by atoms with Crippen LogP contribution in [0.1, 0.15) is 36.6 Å². The summed E-state index contributed by atoms with van der Waals surface area (Å²) in [6.45, 7) is 0.658. The van der Waals surface area contributed by atoms with Gasteiger partial charge in [0.1, 0.15) is 11.5 Å². The highest BCUT2D eigenvalue weighted by atomic mass is 16.6. The lowest BCUT2D eigenvalue weighted by Crippen LogP contribution is -2.29. The van der Waals surface area contributed by atoms with Gasteiger partial charge in [0.15, 0.2) is 0 Å². The van der Waals surface area contributed by atoms with Crippen molar-refractivity contribution < 1.29 is 44.4 Å². The summed E-state index contributed by atoms with van der Waals surface area (Å²) in [5.74, 6) is -3.37. The van der Waals surface area contributed by atoms with E-state index in [4.69, 9.17) is 19.8 Å². The van der Waals surface area contributed by atoms with Crippen LogP contribution < -0.4 is 10.8 Å². The number of carbonyl (C=O) groups is 3. The summed E-state index contributed by atoms with van der Waals surface area (Å²) in [5.41, 5.74) is 2.53. The third-order valence-electron chi connectivity index (χ3n) is 4.01. The highest BCUT2D eigenvalue weighted by Gasteiger charge is 2.17. The predicted molar refractivity (Wildman–Crippen MR) is 106 cm³/mol.